The van der Waals surface area contributed by atoms with Crippen molar-refractivity contribution in [2.24, 2.45) is 0 Å². The van der Waals surface area contributed by atoms with Gasteiger partial charge < -0.3 is 0 Å². The Morgan fingerprint density at radius 1 is 1.05 bits per heavy atom. The maximum atomic E-state index is 11.8. The van der Waals surface area contributed by atoms with Crippen LogP contribution < -0.4 is 0 Å². The van der Waals surface area contributed by atoms with E-state index in [4.69, 9.17) is 0 Å². The van der Waals surface area contributed by atoms with E-state index in [1.165, 1.54) is 10.1 Å². The van der Waals surface area contributed by atoms with Crippen molar-refractivity contribution in [1.29, 1.82) is 0 Å². The fraction of sp³-hybridized carbons (Fsp3) is 0.0588. The van der Waals surface area contributed by atoms with Gasteiger partial charge in [0.2, 0.25) is 0 Å². The van der Waals surface area contributed by atoms with Crippen LogP contribution in [0, 0.1) is 0 Å². The largest absolute Gasteiger partial charge is 0.270 e. The highest BCUT2D eigenvalue weighted by Crippen LogP contribution is 2.28. The molecule has 3 heteroatoms. The van der Waals surface area contributed by atoms with Crippen molar-refractivity contribution in [3.05, 3.63) is 66.4 Å². The molecule has 1 aliphatic heterocycles. The maximum Gasteiger partial charge on any atom is 0.270 e. The predicted molar refractivity (Wildman–Crippen MR) is 78.6 cm³/mol. The summed E-state index contributed by atoms with van der Waals surface area (Å²) < 4.78 is 1.50. The lowest BCUT2D eigenvalue weighted by molar-refractivity contribution is 0.0947. The minimum absolute atomic E-state index is 0.0715. The van der Waals surface area contributed by atoms with Crippen LogP contribution in [0.15, 0.2) is 60.7 Å². The van der Waals surface area contributed by atoms with Crippen LogP contribution in [0.1, 0.15) is 10.5 Å². The Morgan fingerprint density at radius 3 is 2.80 bits per heavy atom. The molecule has 0 amide bonds. The first-order valence-corrected chi connectivity index (χ1v) is 6.61. The minimum Gasteiger partial charge on any atom is -0.267 e. The summed E-state index contributed by atoms with van der Waals surface area (Å²) in [7, 11) is 0. The molecule has 1 aliphatic rings. The van der Waals surface area contributed by atoms with Crippen molar-refractivity contribution in [3.63, 3.8) is 0 Å². The number of aromatic nitrogens is 2. The molecule has 2 heterocycles. The van der Waals surface area contributed by atoms with Crippen LogP contribution in [0.25, 0.3) is 22.0 Å². The van der Waals surface area contributed by atoms with Crippen molar-refractivity contribution in [1.82, 2.24) is 9.78 Å². The molecule has 2 aromatic carbocycles. The summed E-state index contributed by atoms with van der Waals surface area (Å²) >= 11 is 0. The molecule has 0 fully saturated rings. The Morgan fingerprint density at radius 2 is 1.90 bits per heavy atom. The Bertz CT molecular complexity index is 853. The van der Waals surface area contributed by atoms with E-state index >= 15 is 0 Å². The summed E-state index contributed by atoms with van der Waals surface area (Å²) in [6.07, 6.45) is 4.21. The van der Waals surface area contributed by atoms with E-state index in [0.29, 0.717) is 0 Å². The molecule has 0 N–H and O–H groups in total. The number of allylic oxidation sites excluding steroid dienone is 2. The van der Waals surface area contributed by atoms with Crippen molar-refractivity contribution in [3.8, 4) is 11.3 Å². The smallest absolute Gasteiger partial charge is 0.267 e. The van der Waals surface area contributed by atoms with Crippen LogP contribution >= 0.6 is 0 Å². The third-order valence-corrected chi connectivity index (χ3v) is 3.64. The Kier molecular flexibility index (Phi) is 2.33. The fourth-order valence-electron chi connectivity index (χ4n) is 2.69. The average molecular weight is 260 g/mol. The van der Waals surface area contributed by atoms with Crippen molar-refractivity contribution in [2.45, 2.75) is 6.42 Å². The number of nitrogens with zero attached hydrogens (tertiary/aromatic N) is 2. The minimum atomic E-state index is -0.0715. The average Bonchev–Trinajstić information content (AvgIpc) is 2.92. The lowest BCUT2D eigenvalue weighted by Crippen LogP contribution is -2.15. The Hall–Kier alpha value is -2.68. The molecular weight excluding hydrogens is 248 g/mol. The fourth-order valence-corrected chi connectivity index (χ4v) is 2.69. The number of rotatable bonds is 1. The quantitative estimate of drug-likeness (QED) is 0.671. The zero-order valence-corrected chi connectivity index (χ0v) is 10.8. The van der Waals surface area contributed by atoms with Gasteiger partial charge in [-0.15, -0.1) is 0 Å². The summed E-state index contributed by atoms with van der Waals surface area (Å²) in [5.74, 6) is -0.0715. The predicted octanol–water partition coefficient (Wildman–Crippen LogP) is 3.46. The second kappa shape index (κ2) is 4.17. The highest BCUT2D eigenvalue weighted by Gasteiger charge is 2.16. The van der Waals surface area contributed by atoms with Crippen molar-refractivity contribution in [2.75, 3.05) is 0 Å². The molecule has 3 nitrogen and oxygen atoms in total. The van der Waals surface area contributed by atoms with Crippen LogP contribution in [0.3, 0.4) is 0 Å². The molecule has 0 atom stereocenters. The molecule has 0 saturated carbocycles. The Labute approximate surface area is 116 Å². The summed E-state index contributed by atoms with van der Waals surface area (Å²) in [4.78, 5) is 11.8. The van der Waals surface area contributed by atoms with Gasteiger partial charge in [0.25, 0.3) is 5.91 Å². The van der Waals surface area contributed by atoms with E-state index in [0.717, 1.165) is 28.8 Å². The highest BCUT2D eigenvalue weighted by atomic mass is 16.2. The first-order chi connectivity index (χ1) is 9.83. The molecule has 0 spiro atoms. The maximum absolute atomic E-state index is 11.8. The molecule has 96 valence electrons. The van der Waals surface area contributed by atoms with Crippen LogP contribution in [-0.2, 0) is 6.42 Å². The van der Waals surface area contributed by atoms with Crippen molar-refractivity contribution >= 4 is 16.7 Å². The van der Waals surface area contributed by atoms with Crippen LogP contribution in [0.4, 0.5) is 0 Å². The number of carbonyl (C=O) groups excluding carboxylic acids is 1. The number of hydrogen-bond donors (Lipinski definition) is 0. The first kappa shape index (κ1) is 11.2. The summed E-state index contributed by atoms with van der Waals surface area (Å²) in [5.41, 5.74) is 2.87. The van der Waals surface area contributed by atoms with Gasteiger partial charge in [0.1, 0.15) is 0 Å². The normalized spacial score (nSPS) is 13.7. The molecule has 3 aromatic rings. The lowest BCUT2D eigenvalue weighted by Gasteiger charge is -2.04. The van der Waals surface area contributed by atoms with E-state index in [9.17, 15) is 4.79 Å². The van der Waals surface area contributed by atoms with E-state index in [-0.39, 0.29) is 5.91 Å². The van der Waals surface area contributed by atoms with Crippen molar-refractivity contribution < 1.29 is 4.79 Å². The summed E-state index contributed by atoms with van der Waals surface area (Å²) in [6, 6.07) is 16.4. The highest BCUT2D eigenvalue weighted by molar-refractivity contribution is 5.97. The molecule has 0 unspecified atom stereocenters. The van der Waals surface area contributed by atoms with Gasteiger partial charge in [-0.1, -0.05) is 48.5 Å². The first-order valence-electron chi connectivity index (χ1n) is 6.61. The lowest BCUT2D eigenvalue weighted by atomic mass is 10.0. The van der Waals surface area contributed by atoms with E-state index in [2.05, 4.69) is 29.4 Å². The number of hydrogen-bond acceptors (Lipinski definition) is 2. The van der Waals surface area contributed by atoms with Gasteiger partial charge in [0.15, 0.2) is 0 Å². The zero-order valence-electron chi connectivity index (χ0n) is 10.8. The monoisotopic (exact) mass is 260 g/mol. The topological polar surface area (TPSA) is 34.9 Å². The van der Waals surface area contributed by atoms with Gasteiger partial charge in [-0.2, -0.15) is 5.10 Å². The van der Waals surface area contributed by atoms with Crippen LogP contribution in [0.5, 0.6) is 0 Å². The van der Waals surface area contributed by atoms with E-state index < -0.39 is 0 Å². The number of fused-ring (bicyclic) bond motifs is 2. The van der Waals surface area contributed by atoms with Gasteiger partial charge >= 0.3 is 0 Å². The third kappa shape index (κ3) is 1.60. The summed E-state index contributed by atoms with van der Waals surface area (Å²) in [6.45, 7) is 0. The van der Waals surface area contributed by atoms with Gasteiger partial charge in [-0.25, -0.2) is 4.68 Å². The SMILES string of the molecule is O=C1C=CCc2cc(-c3cccc4ccccc34)nn21. The molecule has 0 aliphatic carbocycles. The summed E-state index contributed by atoms with van der Waals surface area (Å²) in [5, 5.41) is 6.81. The molecule has 4 rings (SSSR count). The molecule has 1 aromatic heterocycles. The van der Waals surface area contributed by atoms with Crippen LogP contribution in [0.2, 0.25) is 0 Å². The Balaban J connectivity index is 1.94. The number of carbonyl (C=O) groups is 1. The molecular formula is C17H12N2O. The standard InChI is InChI=1S/C17H12N2O/c20-17-10-4-7-13-11-16(18-19(13)17)15-9-3-6-12-5-1-2-8-14(12)15/h1-6,8-11H,7H2. The second-order valence-electron chi connectivity index (χ2n) is 4.90. The molecule has 20 heavy (non-hydrogen) atoms. The van der Waals surface area contributed by atoms with E-state index in [1.807, 2.05) is 30.3 Å². The molecule has 0 bridgehead atoms. The van der Waals surface area contributed by atoms with Gasteiger partial charge in [0, 0.05) is 18.1 Å². The molecule has 0 radical (unpaired) electrons. The second-order valence-corrected chi connectivity index (χ2v) is 4.90. The zero-order chi connectivity index (χ0) is 13.5. The van der Waals surface area contributed by atoms with Gasteiger partial charge in [-0.3, -0.25) is 4.79 Å². The molecule has 0 saturated heterocycles. The van der Waals surface area contributed by atoms with Gasteiger partial charge in [-0.05, 0) is 16.8 Å². The van der Waals surface area contributed by atoms with Crippen LogP contribution in [-0.4, -0.2) is 15.7 Å². The number of benzene rings is 2. The van der Waals surface area contributed by atoms with E-state index in [1.54, 1.807) is 6.08 Å². The van der Waals surface area contributed by atoms with Gasteiger partial charge in [0.05, 0.1) is 11.4 Å². The third-order valence-electron chi connectivity index (χ3n) is 3.64.